The molecule has 1 aliphatic rings. The minimum atomic E-state index is -4.63. The summed E-state index contributed by atoms with van der Waals surface area (Å²) >= 11 is 0. The highest BCUT2D eigenvalue weighted by Crippen LogP contribution is 2.36. The molecule has 0 unspecified atom stereocenters. The van der Waals surface area contributed by atoms with Crippen LogP contribution in [-0.4, -0.2) is 20.7 Å². The molecule has 5 nitrogen and oxygen atoms in total. The first-order valence-electron chi connectivity index (χ1n) is 10.6. The van der Waals surface area contributed by atoms with Crippen molar-refractivity contribution in [3.8, 4) is 0 Å². The van der Waals surface area contributed by atoms with Crippen molar-refractivity contribution in [2.24, 2.45) is 11.8 Å². The lowest BCUT2D eigenvalue weighted by Gasteiger charge is -2.30. The Kier molecular flexibility index (Phi) is 5.92. The van der Waals surface area contributed by atoms with Crippen LogP contribution in [0.3, 0.4) is 0 Å². The third kappa shape index (κ3) is 4.61. The van der Waals surface area contributed by atoms with Crippen molar-refractivity contribution >= 4 is 22.5 Å². The molecule has 0 saturated heterocycles. The normalized spacial score (nSPS) is 19.5. The number of fused-ring (bicyclic) bond motifs is 1. The van der Waals surface area contributed by atoms with E-state index < -0.39 is 23.5 Å². The molecule has 1 amide bonds. The van der Waals surface area contributed by atoms with E-state index in [0.717, 1.165) is 31.9 Å². The Morgan fingerprint density at radius 1 is 1.12 bits per heavy atom. The maximum absolute atomic E-state index is 14.6. The number of rotatable bonds is 4. The zero-order chi connectivity index (χ0) is 23.0. The number of nitrogens with one attached hydrogen (secondary N) is 1. The van der Waals surface area contributed by atoms with Gasteiger partial charge in [-0.3, -0.25) is 14.5 Å². The third-order valence-electron chi connectivity index (χ3n) is 6.25. The Labute approximate surface area is 182 Å². The molecule has 1 saturated carbocycles. The molecular weight excluding hydrogens is 424 g/mol. The van der Waals surface area contributed by atoms with Crippen LogP contribution in [0.5, 0.6) is 0 Å². The van der Waals surface area contributed by atoms with Crippen LogP contribution in [0.25, 0.3) is 10.9 Å². The van der Waals surface area contributed by atoms with Gasteiger partial charge in [0, 0.05) is 30.0 Å². The Hall–Kier alpha value is -2.97. The number of pyridine rings is 1. The van der Waals surface area contributed by atoms with Gasteiger partial charge in [0.15, 0.2) is 0 Å². The molecule has 1 fully saturated rings. The van der Waals surface area contributed by atoms with Crippen LogP contribution in [0.1, 0.15) is 61.5 Å². The van der Waals surface area contributed by atoms with E-state index in [4.69, 9.17) is 0 Å². The summed E-state index contributed by atoms with van der Waals surface area (Å²) in [6.45, 7) is 4.47. The highest BCUT2D eigenvalue weighted by molar-refractivity contribution is 6.05. The van der Waals surface area contributed by atoms with Crippen molar-refractivity contribution in [2.45, 2.75) is 51.7 Å². The summed E-state index contributed by atoms with van der Waals surface area (Å²) in [5.74, 6) is -0.221. The molecule has 9 heteroatoms. The number of alkyl halides is 3. The number of aromatic nitrogens is 3. The van der Waals surface area contributed by atoms with Crippen molar-refractivity contribution < 1.29 is 22.4 Å². The number of benzene rings is 1. The highest BCUT2D eigenvalue weighted by Gasteiger charge is 2.31. The second-order valence-electron chi connectivity index (χ2n) is 8.73. The van der Waals surface area contributed by atoms with Crippen LogP contribution in [0.15, 0.2) is 36.8 Å². The van der Waals surface area contributed by atoms with Gasteiger partial charge in [-0.2, -0.15) is 18.3 Å². The molecule has 4 rings (SSSR count). The molecule has 0 atom stereocenters. The molecule has 0 radical (unpaired) electrons. The molecule has 0 bridgehead atoms. The summed E-state index contributed by atoms with van der Waals surface area (Å²) in [7, 11) is 0. The fourth-order valence-corrected chi connectivity index (χ4v) is 4.29. The monoisotopic (exact) mass is 448 g/mol. The van der Waals surface area contributed by atoms with Gasteiger partial charge in [-0.25, -0.2) is 4.39 Å². The van der Waals surface area contributed by atoms with Crippen molar-refractivity contribution in [2.75, 3.05) is 5.32 Å². The zero-order valence-corrected chi connectivity index (χ0v) is 17.8. The highest BCUT2D eigenvalue weighted by atomic mass is 19.4. The molecule has 1 aliphatic carbocycles. The van der Waals surface area contributed by atoms with Crippen LogP contribution in [0.2, 0.25) is 0 Å². The summed E-state index contributed by atoms with van der Waals surface area (Å²) in [5, 5.41) is 7.51. The number of carbonyl (C=O) groups excluding carboxylic acids is 1. The van der Waals surface area contributed by atoms with Crippen molar-refractivity contribution in [3.05, 3.63) is 53.7 Å². The zero-order valence-electron chi connectivity index (χ0n) is 17.8. The second-order valence-corrected chi connectivity index (χ2v) is 8.73. The molecular formula is C23H24F4N4O. The predicted molar refractivity (Wildman–Crippen MR) is 113 cm³/mol. The second kappa shape index (κ2) is 8.52. The lowest BCUT2D eigenvalue weighted by molar-refractivity contribution is -0.137. The Bertz CT molecular complexity index is 1130. The van der Waals surface area contributed by atoms with Gasteiger partial charge in [-0.15, -0.1) is 0 Å². The number of hydrogen-bond donors (Lipinski definition) is 1. The van der Waals surface area contributed by atoms with Gasteiger partial charge in [0.05, 0.1) is 28.4 Å². The minimum absolute atomic E-state index is 0.122. The molecule has 2 heterocycles. The largest absolute Gasteiger partial charge is 0.417 e. The molecule has 2 aromatic heterocycles. The summed E-state index contributed by atoms with van der Waals surface area (Å²) in [5.41, 5.74) is -1.01. The number of amides is 1. The molecule has 0 aliphatic heterocycles. The van der Waals surface area contributed by atoms with E-state index in [1.54, 1.807) is 0 Å². The summed E-state index contributed by atoms with van der Waals surface area (Å²) in [4.78, 5) is 15.9. The van der Waals surface area contributed by atoms with E-state index in [0.29, 0.717) is 35.0 Å². The summed E-state index contributed by atoms with van der Waals surface area (Å²) in [6.07, 6.45) is 3.10. The lowest BCUT2D eigenvalue weighted by Crippen LogP contribution is -2.21. The Balaban J connectivity index is 1.53. The van der Waals surface area contributed by atoms with E-state index in [2.05, 4.69) is 29.2 Å². The number of hydrogen-bond acceptors (Lipinski definition) is 3. The Morgan fingerprint density at radius 3 is 2.50 bits per heavy atom. The van der Waals surface area contributed by atoms with Crippen LogP contribution >= 0.6 is 0 Å². The fraction of sp³-hybridized carbons (Fsp3) is 0.435. The van der Waals surface area contributed by atoms with Gasteiger partial charge in [0.25, 0.3) is 5.91 Å². The van der Waals surface area contributed by atoms with Crippen molar-refractivity contribution in [1.82, 2.24) is 14.8 Å². The van der Waals surface area contributed by atoms with Crippen LogP contribution < -0.4 is 5.32 Å². The third-order valence-corrected chi connectivity index (χ3v) is 6.25. The van der Waals surface area contributed by atoms with E-state index in [1.165, 1.54) is 12.1 Å². The van der Waals surface area contributed by atoms with Crippen molar-refractivity contribution in [1.29, 1.82) is 0 Å². The van der Waals surface area contributed by atoms with Gasteiger partial charge >= 0.3 is 6.18 Å². The standard InChI is InChI=1S/C23H24F4N4O/c1-13(2)14-3-5-18(6-4-14)31-12-16-8-21(19(24)9-20(16)30-31)29-22(32)15-7-17(11-28-10-15)23(25,26)27/h7-14,18H,3-6H2,1-2H3,(H,29,32). The molecule has 1 N–H and O–H groups in total. The average molecular weight is 448 g/mol. The number of carbonyl (C=O) groups is 1. The molecule has 3 aromatic rings. The van der Waals surface area contributed by atoms with Gasteiger partial charge in [0.1, 0.15) is 5.82 Å². The van der Waals surface area contributed by atoms with E-state index >= 15 is 0 Å². The number of nitrogens with zero attached hydrogens (tertiary/aromatic N) is 3. The number of anilines is 1. The average Bonchev–Trinajstić information content (AvgIpc) is 3.16. The van der Waals surface area contributed by atoms with Crippen LogP contribution in [0.4, 0.5) is 23.2 Å². The van der Waals surface area contributed by atoms with E-state index in [1.807, 2.05) is 10.9 Å². The van der Waals surface area contributed by atoms with Gasteiger partial charge < -0.3 is 5.32 Å². The maximum Gasteiger partial charge on any atom is 0.417 e. The maximum atomic E-state index is 14.6. The fourth-order valence-electron chi connectivity index (χ4n) is 4.29. The van der Waals surface area contributed by atoms with Crippen LogP contribution in [-0.2, 0) is 6.18 Å². The SMILES string of the molecule is CC(C)C1CCC(n2cc3cc(NC(=O)c4cncc(C(F)(F)F)c4)c(F)cc3n2)CC1. The molecule has 32 heavy (non-hydrogen) atoms. The van der Waals surface area contributed by atoms with Gasteiger partial charge in [-0.05, 0) is 49.7 Å². The predicted octanol–water partition coefficient (Wildman–Crippen LogP) is 6.23. The molecule has 0 spiro atoms. The summed E-state index contributed by atoms with van der Waals surface area (Å²) in [6, 6.07) is 3.61. The lowest BCUT2D eigenvalue weighted by atomic mass is 9.80. The van der Waals surface area contributed by atoms with Crippen molar-refractivity contribution in [3.63, 3.8) is 0 Å². The molecule has 1 aromatic carbocycles. The minimum Gasteiger partial charge on any atom is -0.319 e. The molecule has 170 valence electrons. The van der Waals surface area contributed by atoms with Gasteiger partial charge in [-0.1, -0.05) is 13.8 Å². The quantitative estimate of drug-likeness (QED) is 0.482. The first-order valence-corrected chi connectivity index (χ1v) is 10.6. The van der Waals surface area contributed by atoms with Gasteiger partial charge in [0.2, 0.25) is 0 Å². The smallest absolute Gasteiger partial charge is 0.319 e. The van der Waals surface area contributed by atoms with Crippen LogP contribution in [0, 0.1) is 17.7 Å². The Morgan fingerprint density at radius 2 is 1.84 bits per heavy atom. The number of halogens is 4. The first-order chi connectivity index (χ1) is 15.1. The van der Waals surface area contributed by atoms with E-state index in [9.17, 15) is 22.4 Å². The summed E-state index contributed by atoms with van der Waals surface area (Å²) < 4.78 is 55.1. The first kappa shape index (κ1) is 22.2. The topological polar surface area (TPSA) is 59.8 Å². The van der Waals surface area contributed by atoms with E-state index in [-0.39, 0.29) is 17.3 Å².